The molecule has 0 saturated heterocycles. The number of hydrogen-bond donors (Lipinski definition) is 3. The third kappa shape index (κ3) is 4.79. The summed E-state index contributed by atoms with van der Waals surface area (Å²) in [4.78, 5) is 19.1. The van der Waals surface area contributed by atoms with Crippen molar-refractivity contribution in [1.29, 1.82) is 0 Å². The Bertz CT molecular complexity index is 621. The molecule has 1 aromatic carbocycles. The normalized spacial score (nSPS) is 9.76. The Hall–Kier alpha value is -2.58. The van der Waals surface area contributed by atoms with Crippen LogP contribution in [-0.2, 0) is 6.42 Å². The second-order valence-corrected chi connectivity index (χ2v) is 4.48. The Labute approximate surface area is 124 Å². The van der Waals surface area contributed by atoms with E-state index in [0.717, 1.165) is 24.2 Å². The first-order chi connectivity index (χ1) is 10.3. The molecule has 0 saturated carbocycles. The maximum Gasteiger partial charge on any atom is 0.251 e. The highest BCUT2D eigenvalue weighted by atomic mass is 16.1. The number of nitrogens with zero attached hydrogens (tertiary/aromatic N) is 1. The van der Waals surface area contributed by atoms with Crippen LogP contribution < -0.4 is 11.1 Å². The van der Waals surface area contributed by atoms with Crippen LogP contribution in [0.15, 0.2) is 36.7 Å². The van der Waals surface area contributed by atoms with Gasteiger partial charge in [0.15, 0.2) is 0 Å². The third-order valence-corrected chi connectivity index (χ3v) is 2.91. The van der Waals surface area contributed by atoms with Crippen molar-refractivity contribution in [1.82, 2.24) is 15.3 Å². The molecule has 0 atom stereocenters. The van der Waals surface area contributed by atoms with E-state index in [1.807, 2.05) is 12.1 Å². The molecule has 108 valence electrons. The van der Waals surface area contributed by atoms with Crippen molar-refractivity contribution in [2.45, 2.75) is 12.8 Å². The number of H-pyrrole nitrogens is 1. The molecule has 0 unspecified atom stereocenters. The van der Waals surface area contributed by atoms with Gasteiger partial charge in [-0.15, -0.1) is 0 Å². The molecule has 0 bridgehead atoms. The number of carbonyl (C=O) groups excluding carboxylic acids is 1. The molecule has 5 nitrogen and oxygen atoms in total. The van der Waals surface area contributed by atoms with Crippen molar-refractivity contribution in [3.8, 4) is 11.8 Å². The zero-order valence-electron chi connectivity index (χ0n) is 11.7. The molecule has 0 fully saturated rings. The maximum absolute atomic E-state index is 11.9. The van der Waals surface area contributed by atoms with Crippen LogP contribution in [0.25, 0.3) is 0 Å². The lowest BCUT2D eigenvalue weighted by Crippen LogP contribution is -2.24. The molecule has 5 heteroatoms. The summed E-state index contributed by atoms with van der Waals surface area (Å²) >= 11 is 0. The second-order valence-electron chi connectivity index (χ2n) is 4.48. The van der Waals surface area contributed by atoms with E-state index in [9.17, 15) is 4.79 Å². The molecular weight excluding hydrogens is 264 g/mol. The fourth-order valence-electron chi connectivity index (χ4n) is 1.85. The Balaban J connectivity index is 1.77. The first-order valence-corrected chi connectivity index (χ1v) is 6.85. The molecule has 4 N–H and O–H groups in total. The highest BCUT2D eigenvalue weighted by molar-refractivity contribution is 5.94. The van der Waals surface area contributed by atoms with Crippen LogP contribution in [0.4, 0.5) is 0 Å². The molecule has 0 radical (unpaired) electrons. The van der Waals surface area contributed by atoms with E-state index in [0.29, 0.717) is 18.7 Å². The van der Waals surface area contributed by atoms with Gasteiger partial charge in [-0.1, -0.05) is 11.8 Å². The average molecular weight is 282 g/mol. The van der Waals surface area contributed by atoms with Crippen molar-refractivity contribution in [3.05, 3.63) is 53.6 Å². The summed E-state index contributed by atoms with van der Waals surface area (Å²) in [5, 5.41) is 2.89. The number of nitrogens with two attached hydrogens (primary N) is 1. The minimum absolute atomic E-state index is 0.0761. The monoisotopic (exact) mass is 282 g/mol. The summed E-state index contributed by atoms with van der Waals surface area (Å²) < 4.78 is 0. The minimum Gasteiger partial charge on any atom is -0.352 e. The lowest BCUT2D eigenvalue weighted by molar-refractivity contribution is 0.0953. The van der Waals surface area contributed by atoms with Gasteiger partial charge in [0.25, 0.3) is 5.91 Å². The summed E-state index contributed by atoms with van der Waals surface area (Å²) in [6.45, 7) is 0.951. The van der Waals surface area contributed by atoms with Gasteiger partial charge in [-0.3, -0.25) is 4.79 Å². The molecule has 2 rings (SSSR count). The van der Waals surface area contributed by atoms with Gasteiger partial charge in [-0.25, -0.2) is 4.98 Å². The van der Waals surface area contributed by atoms with Crippen molar-refractivity contribution >= 4 is 5.91 Å². The van der Waals surface area contributed by atoms with Crippen LogP contribution in [0.1, 0.15) is 28.2 Å². The smallest absolute Gasteiger partial charge is 0.251 e. The summed E-state index contributed by atoms with van der Waals surface area (Å²) in [5.41, 5.74) is 6.80. The predicted octanol–water partition coefficient (Wildman–Crippen LogP) is 1.08. The van der Waals surface area contributed by atoms with Crippen LogP contribution >= 0.6 is 0 Å². The number of hydrogen-bond acceptors (Lipinski definition) is 3. The van der Waals surface area contributed by atoms with Gasteiger partial charge in [-0.2, -0.15) is 0 Å². The maximum atomic E-state index is 11.9. The van der Waals surface area contributed by atoms with Gasteiger partial charge in [0.1, 0.15) is 5.82 Å². The van der Waals surface area contributed by atoms with Crippen LogP contribution in [0.3, 0.4) is 0 Å². The largest absolute Gasteiger partial charge is 0.352 e. The number of aromatic nitrogens is 2. The number of imidazole rings is 1. The molecular formula is C16H18N4O. The van der Waals surface area contributed by atoms with Crippen LogP contribution in [-0.4, -0.2) is 29.0 Å². The van der Waals surface area contributed by atoms with E-state index in [1.54, 1.807) is 24.5 Å². The number of amides is 1. The summed E-state index contributed by atoms with van der Waals surface area (Å²) in [5.74, 6) is 6.56. The van der Waals surface area contributed by atoms with Crippen LogP contribution in [0, 0.1) is 11.8 Å². The standard InChI is InChI=1S/C16H18N4O/c17-9-1-3-13-5-7-14(8-6-13)16(21)20-10-2-4-15-18-11-12-19-15/h5-8,11-12H,2,4,9-10,17H2,(H,18,19)(H,20,21). The lowest BCUT2D eigenvalue weighted by atomic mass is 10.1. The Morgan fingerprint density at radius 3 is 2.81 bits per heavy atom. The number of benzene rings is 1. The molecule has 0 aliphatic carbocycles. The predicted molar refractivity (Wildman–Crippen MR) is 81.6 cm³/mol. The first-order valence-electron chi connectivity index (χ1n) is 6.85. The number of rotatable bonds is 5. The van der Waals surface area contributed by atoms with E-state index in [1.165, 1.54) is 0 Å². The van der Waals surface area contributed by atoms with Crippen molar-refractivity contribution in [2.75, 3.05) is 13.1 Å². The van der Waals surface area contributed by atoms with Gasteiger partial charge < -0.3 is 16.0 Å². The van der Waals surface area contributed by atoms with Gasteiger partial charge >= 0.3 is 0 Å². The second kappa shape index (κ2) is 7.88. The average Bonchev–Trinajstić information content (AvgIpc) is 3.03. The molecule has 1 heterocycles. The summed E-state index contributed by atoms with van der Waals surface area (Å²) in [6, 6.07) is 7.17. The van der Waals surface area contributed by atoms with E-state index in [2.05, 4.69) is 27.1 Å². The van der Waals surface area contributed by atoms with Gasteiger partial charge in [0.2, 0.25) is 0 Å². The first kappa shape index (κ1) is 14.8. The number of nitrogens with one attached hydrogen (secondary N) is 2. The molecule has 0 aliphatic rings. The van der Waals surface area contributed by atoms with E-state index in [-0.39, 0.29) is 5.91 Å². The summed E-state index contributed by atoms with van der Waals surface area (Å²) in [7, 11) is 0. The Kier molecular flexibility index (Phi) is 5.56. The fourth-order valence-corrected chi connectivity index (χ4v) is 1.85. The fraction of sp³-hybridized carbons (Fsp3) is 0.250. The minimum atomic E-state index is -0.0761. The molecule has 2 aromatic rings. The Morgan fingerprint density at radius 1 is 1.33 bits per heavy atom. The number of carbonyl (C=O) groups is 1. The number of aromatic amines is 1. The summed E-state index contributed by atoms with van der Waals surface area (Å²) in [6.07, 6.45) is 5.19. The molecule has 1 aromatic heterocycles. The lowest BCUT2D eigenvalue weighted by Gasteiger charge is -2.04. The zero-order chi connectivity index (χ0) is 14.9. The molecule has 0 spiro atoms. The van der Waals surface area contributed by atoms with Crippen LogP contribution in [0.2, 0.25) is 0 Å². The molecule has 1 amide bonds. The molecule has 21 heavy (non-hydrogen) atoms. The van der Waals surface area contributed by atoms with E-state index < -0.39 is 0 Å². The highest BCUT2D eigenvalue weighted by Crippen LogP contribution is 2.03. The van der Waals surface area contributed by atoms with Crippen LogP contribution in [0.5, 0.6) is 0 Å². The van der Waals surface area contributed by atoms with Crippen molar-refractivity contribution < 1.29 is 4.79 Å². The van der Waals surface area contributed by atoms with Gasteiger partial charge in [0, 0.05) is 36.5 Å². The van der Waals surface area contributed by atoms with Crippen molar-refractivity contribution in [2.24, 2.45) is 5.73 Å². The highest BCUT2D eigenvalue weighted by Gasteiger charge is 2.04. The number of aryl methyl sites for hydroxylation is 1. The topological polar surface area (TPSA) is 83.8 Å². The zero-order valence-corrected chi connectivity index (χ0v) is 11.7. The van der Waals surface area contributed by atoms with Crippen molar-refractivity contribution in [3.63, 3.8) is 0 Å². The van der Waals surface area contributed by atoms with Gasteiger partial charge in [-0.05, 0) is 30.7 Å². The Morgan fingerprint density at radius 2 is 2.14 bits per heavy atom. The van der Waals surface area contributed by atoms with E-state index >= 15 is 0 Å². The van der Waals surface area contributed by atoms with E-state index in [4.69, 9.17) is 5.73 Å². The quantitative estimate of drug-likeness (QED) is 0.567. The SMILES string of the molecule is NCC#Cc1ccc(C(=O)NCCCc2ncc[nH]2)cc1. The third-order valence-electron chi connectivity index (χ3n) is 2.91. The molecule has 0 aliphatic heterocycles. The van der Waals surface area contributed by atoms with Gasteiger partial charge in [0.05, 0.1) is 6.54 Å².